The molecule has 2 aromatic heterocycles. The summed E-state index contributed by atoms with van der Waals surface area (Å²) in [6.07, 6.45) is 3.28. The van der Waals surface area contributed by atoms with Gasteiger partial charge < -0.3 is 14.6 Å². The standard InChI is InChI=1S/C22H23N3O3S/c26-20(13-18-15-29-22(24-18)19-7-4-12-28-19)25-10-8-17(9-11-25)21(27)23-14-16-5-2-1-3-6-16/h1-7,12,15,17H,8-11,13-14H2,(H,23,27). The fourth-order valence-corrected chi connectivity index (χ4v) is 4.27. The van der Waals surface area contributed by atoms with Crippen LogP contribution in [-0.4, -0.2) is 34.8 Å². The summed E-state index contributed by atoms with van der Waals surface area (Å²) in [6, 6.07) is 13.6. The number of likely N-dealkylation sites (tertiary alicyclic amines) is 1. The largest absolute Gasteiger partial charge is 0.462 e. The van der Waals surface area contributed by atoms with Crippen LogP contribution in [0.25, 0.3) is 10.8 Å². The van der Waals surface area contributed by atoms with Gasteiger partial charge in [-0.3, -0.25) is 9.59 Å². The van der Waals surface area contributed by atoms with Gasteiger partial charge in [-0.05, 0) is 30.5 Å². The Hall–Kier alpha value is -2.93. The quantitative estimate of drug-likeness (QED) is 0.676. The number of carbonyl (C=O) groups excluding carboxylic acids is 2. The molecule has 0 aliphatic carbocycles. The number of benzene rings is 1. The van der Waals surface area contributed by atoms with Crippen LogP contribution in [0.15, 0.2) is 58.5 Å². The van der Waals surface area contributed by atoms with E-state index in [1.807, 2.05) is 52.7 Å². The maximum Gasteiger partial charge on any atom is 0.228 e. The van der Waals surface area contributed by atoms with Crippen molar-refractivity contribution in [3.05, 3.63) is 65.4 Å². The average molecular weight is 410 g/mol. The van der Waals surface area contributed by atoms with Crippen LogP contribution < -0.4 is 5.32 Å². The van der Waals surface area contributed by atoms with Crippen LogP contribution in [0.1, 0.15) is 24.1 Å². The molecule has 1 fully saturated rings. The van der Waals surface area contributed by atoms with Crippen LogP contribution in [0.3, 0.4) is 0 Å². The van der Waals surface area contributed by atoms with Gasteiger partial charge in [0.15, 0.2) is 10.8 Å². The third-order valence-electron chi connectivity index (χ3n) is 5.14. The highest BCUT2D eigenvalue weighted by Gasteiger charge is 2.27. The van der Waals surface area contributed by atoms with Gasteiger partial charge >= 0.3 is 0 Å². The average Bonchev–Trinajstić information content (AvgIpc) is 3.45. The van der Waals surface area contributed by atoms with E-state index in [0.717, 1.165) is 22.0 Å². The van der Waals surface area contributed by atoms with Crippen LogP contribution in [0.2, 0.25) is 0 Å². The monoisotopic (exact) mass is 409 g/mol. The minimum atomic E-state index is -0.0346. The molecule has 1 aliphatic heterocycles. The van der Waals surface area contributed by atoms with E-state index >= 15 is 0 Å². The molecule has 1 aliphatic rings. The second-order valence-electron chi connectivity index (χ2n) is 7.16. The second kappa shape index (κ2) is 9.05. The van der Waals surface area contributed by atoms with Gasteiger partial charge in [0.25, 0.3) is 0 Å². The minimum Gasteiger partial charge on any atom is -0.462 e. The lowest BCUT2D eigenvalue weighted by Crippen LogP contribution is -2.43. The summed E-state index contributed by atoms with van der Waals surface area (Å²) in [6.45, 7) is 1.76. The van der Waals surface area contributed by atoms with Crippen molar-refractivity contribution >= 4 is 23.2 Å². The first-order valence-electron chi connectivity index (χ1n) is 9.77. The van der Waals surface area contributed by atoms with Gasteiger partial charge in [-0.15, -0.1) is 11.3 Å². The molecule has 1 N–H and O–H groups in total. The Morgan fingerprint density at radius 1 is 1.14 bits per heavy atom. The Morgan fingerprint density at radius 3 is 2.66 bits per heavy atom. The van der Waals surface area contributed by atoms with Crippen LogP contribution >= 0.6 is 11.3 Å². The lowest BCUT2D eigenvalue weighted by atomic mass is 9.95. The molecule has 3 heterocycles. The number of piperidine rings is 1. The van der Waals surface area contributed by atoms with Crippen molar-refractivity contribution in [2.45, 2.75) is 25.8 Å². The fraction of sp³-hybridized carbons (Fsp3) is 0.318. The van der Waals surface area contributed by atoms with Gasteiger partial charge in [0.2, 0.25) is 11.8 Å². The highest BCUT2D eigenvalue weighted by atomic mass is 32.1. The van der Waals surface area contributed by atoms with Crippen LogP contribution in [0.5, 0.6) is 0 Å². The van der Waals surface area contributed by atoms with Crippen molar-refractivity contribution < 1.29 is 14.0 Å². The molecule has 0 unspecified atom stereocenters. The third-order valence-corrected chi connectivity index (χ3v) is 6.05. The highest BCUT2D eigenvalue weighted by Crippen LogP contribution is 2.25. The van der Waals surface area contributed by atoms with Gasteiger partial charge in [0, 0.05) is 30.9 Å². The predicted molar refractivity (Wildman–Crippen MR) is 111 cm³/mol. The molecule has 29 heavy (non-hydrogen) atoms. The van der Waals surface area contributed by atoms with E-state index in [1.165, 1.54) is 11.3 Å². The molecule has 0 bridgehead atoms. The van der Waals surface area contributed by atoms with E-state index in [9.17, 15) is 9.59 Å². The van der Waals surface area contributed by atoms with E-state index in [2.05, 4.69) is 10.3 Å². The van der Waals surface area contributed by atoms with Crippen molar-refractivity contribution in [2.24, 2.45) is 5.92 Å². The SMILES string of the molecule is O=C(NCc1ccccc1)C1CCN(C(=O)Cc2csc(-c3ccco3)n2)CC1. The maximum atomic E-state index is 12.6. The number of nitrogens with zero attached hydrogens (tertiary/aromatic N) is 2. The van der Waals surface area contributed by atoms with Crippen molar-refractivity contribution in [3.8, 4) is 10.8 Å². The molecule has 0 spiro atoms. The molecule has 0 saturated carbocycles. The molecule has 1 aromatic carbocycles. The Kier molecular flexibility index (Phi) is 6.05. The molecule has 6 nitrogen and oxygen atoms in total. The lowest BCUT2D eigenvalue weighted by molar-refractivity contribution is -0.135. The van der Waals surface area contributed by atoms with Crippen LogP contribution in [-0.2, 0) is 22.6 Å². The molecule has 2 amide bonds. The summed E-state index contributed by atoms with van der Waals surface area (Å²) in [5.74, 6) is 0.816. The molecule has 7 heteroatoms. The molecule has 0 radical (unpaired) electrons. The fourth-order valence-electron chi connectivity index (χ4n) is 3.49. The number of amides is 2. The zero-order valence-electron chi connectivity index (χ0n) is 16.0. The Bertz CT molecular complexity index is 945. The second-order valence-corrected chi connectivity index (χ2v) is 8.01. The first-order chi connectivity index (χ1) is 14.2. The number of rotatable bonds is 6. The summed E-state index contributed by atoms with van der Waals surface area (Å²) >= 11 is 1.48. The van der Waals surface area contributed by atoms with Crippen molar-refractivity contribution in [2.75, 3.05) is 13.1 Å². The summed E-state index contributed by atoms with van der Waals surface area (Å²) in [5, 5.41) is 5.69. The van der Waals surface area contributed by atoms with Gasteiger partial charge in [-0.1, -0.05) is 30.3 Å². The van der Waals surface area contributed by atoms with Crippen molar-refractivity contribution in [3.63, 3.8) is 0 Å². The zero-order valence-corrected chi connectivity index (χ0v) is 16.9. The summed E-state index contributed by atoms with van der Waals surface area (Å²) in [4.78, 5) is 31.4. The van der Waals surface area contributed by atoms with Gasteiger partial charge in [0.1, 0.15) is 0 Å². The molecular formula is C22H23N3O3S. The number of carbonyl (C=O) groups is 2. The first-order valence-corrected chi connectivity index (χ1v) is 10.6. The summed E-state index contributed by atoms with van der Waals surface area (Å²) in [5.41, 5.74) is 1.85. The van der Waals surface area contributed by atoms with Gasteiger partial charge in [-0.25, -0.2) is 4.98 Å². The topological polar surface area (TPSA) is 75.4 Å². The molecular weight excluding hydrogens is 386 g/mol. The van der Waals surface area contributed by atoms with Gasteiger partial charge in [0.05, 0.1) is 18.4 Å². The summed E-state index contributed by atoms with van der Waals surface area (Å²) in [7, 11) is 0. The normalized spacial score (nSPS) is 14.7. The first kappa shape index (κ1) is 19.4. The lowest BCUT2D eigenvalue weighted by Gasteiger charge is -2.31. The number of nitrogens with one attached hydrogen (secondary N) is 1. The van der Waals surface area contributed by atoms with E-state index in [0.29, 0.717) is 32.5 Å². The number of furan rings is 1. The van der Waals surface area contributed by atoms with Gasteiger partial charge in [-0.2, -0.15) is 0 Å². The van der Waals surface area contributed by atoms with Crippen molar-refractivity contribution in [1.82, 2.24) is 15.2 Å². The Morgan fingerprint density at radius 2 is 1.93 bits per heavy atom. The van der Waals surface area contributed by atoms with E-state index in [1.54, 1.807) is 6.26 Å². The Labute approximate surface area is 173 Å². The number of hydrogen-bond donors (Lipinski definition) is 1. The summed E-state index contributed by atoms with van der Waals surface area (Å²) < 4.78 is 5.35. The van der Waals surface area contributed by atoms with E-state index in [-0.39, 0.29) is 24.2 Å². The van der Waals surface area contributed by atoms with Crippen molar-refractivity contribution in [1.29, 1.82) is 0 Å². The maximum absolute atomic E-state index is 12.6. The predicted octanol–water partition coefficient (Wildman–Crippen LogP) is 3.50. The van der Waals surface area contributed by atoms with Crippen LogP contribution in [0, 0.1) is 5.92 Å². The number of thiazole rings is 1. The third kappa shape index (κ3) is 4.92. The number of aromatic nitrogens is 1. The molecule has 4 rings (SSSR count). The highest BCUT2D eigenvalue weighted by molar-refractivity contribution is 7.13. The smallest absolute Gasteiger partial charge is 0.228 e. The molecule has 0 atom stereocenters. The minimum absolute atomic E-state index is 0.0346. The molecule has 3 aromatic rings. The van der Waals surface area contributed by atoms with Crippen LogP contribution in [0.4, 0.5) is 0 Å². The van der Waals surface area contributed by atoms with E-state index < -0.39 is 0 Å². The molecule has 1 saturated heterocycles. The van der Waals surface area contributed by atoms with E-state index in [4.69, 9.17) is 4.42 Å². The number of hydrogen-bond acceptors (Lipinski definition) is 5. The zero-order chi connectivity index (χ0) is 20.1. The molecule has 150 valence electrons. The Balaban J connectivity index is 1.24.